The molecule has 192 valence electrons. The van der Waals surface area contributed by atoms with Crippen molar-refractivity contribution in [3.05, 3.63) is 59.2 Å². The number of hydrogen-bond donors (Lipinski definition) is 1. The summed E-state index contributed by atoms with van der Waals surface area (Å²) in [5.74, 6) is 0.157. The van der Waals surface area contributed by atoms with Crippen molar-refractivity contribution in [3.8, 4) is 5.75 Å². The molecule has 0 aromatic heterocycles. The molecule has 2 aromatic rings. The number of methoxy groups -OCH3 is 1. The molecule has 0 unspecified atom stereocenters. The van der Waals surface area contributed by atoms with E-state index >= 15 is 0 Å². The Labute approximate surface area is 209 Å². The second-order valence-electron chi connectivity index (χ2n) is 9.22. The third-order valence-electron chi connectivity index (χ3n) is 5.82. The number of carbonyl (C=O) groups excluding carboxylic acids is 2. The van der Waals surface area contributed by atoms with E-state index in [1.54, 1.807) is 38.3 Å². The molecule has 0 heterocycles. The maximum absolute atomic E-state index is 13.6. The topological polar surface area (TPSA) is 96.0 Å². The Kier molecular flexibility index (Phi) is 9.71. The molecule has 2 aromatic carbocycles. The lowest BCUT2D eigenvalue weighted by molar-refractivity contribution is -0.139. The van der Waals surface area contributed by atoms with Gasteiger partial charge in [-0.25, -0.2) is 8.42 Å². The van der Waals surface area contributed by atoms with E-state index in [0.29, 0.717) is 18.0 Å². The van der Waals surface area contributed by atoms with Crippen molar-refractivity contribution in [1.29, 1.82) is 0 Å². The van der Waals surface area contributed by atoms with Crippen LogP contribution < -0.4 is 14.4 Å². The van der Waals surface area contributed by atoms with Gasteiger partial charge in [-0.15, -0.1) is 0 Å². The lowest BCUT2D eigenvalue weighted by Gasteiger charge is -2.31. The normalized spacial score (nSPS) is 12.2. The summed E-state index contributed by atoms with van der Waals surface area (Å²) in [6.45, 7) is 9.64. The molecule has 0 aliphatic rings. The van der Waals surface area contributed by atoms with Crippen molar-refractivity contribution in [3.63, 3.8) is 0 Å². The van der Waals surface area contributed by atoms with Crippen molar-refractivity contribution in [2.24, 2.45) is 5.92 Å². The van der Waals surface area contributed by atoms with Crippen LogP contribution in [0.3, 0.4) is 0 Å². The van der Waals surface area contributed by atoms with Crippen LogP contribution in [0, 0.1) is 19.8 Å². The third kappa shape index (κ3) is 7.99. The molecule has 2 amide bonds. The maximum atomic E-state index is 13.6. The van der Waals surface area contributed by atoms with Gasteiger partial charge in [-0.2, -0.15) is 0 Å². The Balaban J connectivity index is 2.38. The molecule has 2 rings (SSSR count). The van der Waals surface area contributed by atoms with Gasteiger partial charge in [-0.1, -0.05) is 32.0 Å². The predicted octanol–water partition coefficient (Wildman–Crippen LogP) is 3.27. The molecule has 0 saturated heterocycles. The Bertz CT molecular complexity index is 1130. The first-order chi connectivity index (χ1) is 16.3. The lowest BCUT2D eigenvalue weighted by Crippen LogP contribution is -2.51. The van der Waals surface area contributed by atoms with Crippen LogP contribution in [0.5, 0.6) is 5.75 Å². The first kappa shape index (κ1) is 28.2. The van der Waals surface area contributed by atoms with E-state index in [1.807, 2.05) is 45.9 Å². The van der Waals surface area contributed by atoms with E-state index in [9.17, 15) is 18.0 Å². The van der Waals surface area contributed by atoms with Gasteiger partial charge in [0.1, 0.15) is 18.3 Å². The second kappa shape index (κ2) is 12.1. The van der Waals surface area contributed by atoms with Crippen LogP contribution >= 0.6 is 0 Å². The van der Waals surface area contributed by atoms with Gasteiger partial charge in [0.25, 0.3) is 0 Å². The van der Waals surface area contributed by atoms with E-state index in [4.69, 9.17) is 4.74 Å². The summed E-state index contributed by atoms with van der Waals surface area (Å²) in [5.41, 5.74) is 3.13. The van der Waals surface area contributed by atoms with Crippen molar-refractivity contribution >= 4 is 27.5 Å². The number of nitrogens with zero attached hydrogens (tertiary/aromatic N) is 2. The number of rotatable bonds is 11. The van der Waals surface area contributed by atoms with Crippen molar-refractivity contribution < 1.29 is 22.7 Å². The fourth-order valence-electron chi connectivity index (χ4n) is 3.46. The quantitative estimate of drug-likeness (QED) is 0.508. The maximum Gasteiger partial charge on any atom is 0.244 e. The van der Waals surface area contributed by atoms with Gasteiger partial charge >= 0.3 is 0 Å². The number of aryl methyl sites for hydroxylation is 2. The molecule has 0 fully saturated rings. The first-order valence-electron chi connectivity index (χ1n) is 11.6. The molecule has 0 saturated carbocycles. The molecule has 0 aliphatic carbocycles. The minimum Gasteiger partial charge on any atom is -0.497 e. The minimum atomic E-state index is -3.76. The summed E-state index contributed by atoms with van der Waals surface area (Å²) in [4.78, 5) is 27.8. The number of sulfonamides is 1. The third-order valence-corrected chi connectivity index (χ3v) is 6.96. The lowest BCUT2D eigenvalue weighted by atomic mass is 10.1. The molecule has 1 atom stereocenters. The largest absolute Gasteiger partial charge is 0.497 e. The zero-order valence-electron chi connectivity index (χ0n) is 21.7. The summed E-state index contributed by atoms with van der Waals surface area (Å²) >= 11 is 0. The molecule has 0 spiro atoms. The fraction of sp³-hybridized carbons (Fsp3) is 0.462. The van der Waals surface area contributed by atoms with Crippen LogP contribution in [-0.2, 0) is 26.2 Å². The number of benzene rings is 2. The van der Waals surface area contributed by atoms with E-state index in [-0.39, 0.29) is 18.4 Å². The number of nitrogens with one attached hydrogen (secondary N) is 1. The molecule has 8 nitrogen and oxygen atoms in total. The van der Waals surface area contributed by atoms with E-state index < -0.39 is 28.5 Å². The monoisotopic (exact) mass is 503 g/mol. The van der Waals surface area contributed by atoms with Crippen LogP contribution in [0.1, 0.15) is 37.5 Å². The zero-order chi connectivity index (χ0) is 26.3. The highest BCUT2D eigenvalue weighted by Gasteiger charge is 2.30. The highest BCUT2D eigenvalue weighted by atomic mass is 32.2. The highest BCUT2D eigenvalue weighted by molar-refractivity contribution is 7.92. The van der Waals surface area contributed by atoms with Crippen LogP contribution in [0.4, 0.5) is 5.69 Å². The molecule has 1 N–H and O–H groups in total. The Morgan fingerprint density at radius 1 is 1.00 bits per heavy atom. The van der Waals surface area contributed by atoms with Gasteiger partial charge in [-0.05, 0) is 67.6 Å². The van der Waals surface area contributed by atoms with Crippen molar-refractivity contribution in [1.82, 2.24) is 10.2 Å². The first-order valence-corrected chi connectivity index (χ1v) is 13.4. The molecular formula is C26H37N3O5S. The van der Waals surface area contributed by atoms with Gasteiger partial charge in [0, 0.05) is 13.1 Å². The average molecular weight is 504 g/mol. The number of hydrogen-bond acceptors (Lipinski definition) is 5. The average Bonchev–Trinajstić information content (AvgIpc) is 2.80. The van der Waals surface area contributed by atoms with Crippen LogP contribution in [0.25, 0.3) is 0 Å². The SMILES string of the molecule is COc1ccc(CN(C(=O)CN(c2ccc(C)c(C)c2)S(C)(=O)=O)[C@H](C)C(=O)NCC(C)C)cc1. The second-order valence-corrected chi connectivity index (χ2v) is 11.1. The number of carbonyl (C=O) groups is 2. The Morgan fingerprint density at radius 2 is 1.63 bits per heavy atom. The Morgan fingerprint density at radius 3 is 2.14 bits per heavy atom. The smallest absolute Gasteiger partial charge is 0.244 e. The van der Waals surface area contributed by atoms with Gasteiger partial charge in [-0.3, -0.25) is 13.9 Å². The standard InChI is InChI=1S/C26H37N3O5S/c1-18(2)15-27-26(31)21(5)28(16-22-9-12-24(34-6)13-10-22)25(30)17-29(35(7,32)33)23-11-8-19(3)20(4)14-23/h8-14,18,21H,15-17H2,1-7H3,(H,27,31)/t21-/m1/s1. The summed E-state index contributed by atoms with van der Waals surface area (Å²) in [6.07, 6.45) is 1.07. The zero-order valence-corrected chi connectivity index (χ0v) is 22.5. The number of amides is 2. The summed E-state index contributed by atoms with van der Waals surface area (Å²) < 4.78 is 31.6. The molecular weight excluding hydrogens is 466 g/mol. The molecule has 9 heteroatoms. The molecule has 0 radical (unpaired) electrons. The predicted molar refractivity (Wildman–Crippen MR) is 139 cm³/mol. The van der Waals surface area contributed by atoms with Crippen LogP contribution in [0.2, 0.25) is 0 Å². The molecule has 0 bridgehead atoms. The number of anilines is 1. The fourth-order valence-corrected chi connectivity index (χ4v) is 4.30. The van der Waals surface area contributed by atoms with E-state index in [1.165, 1.54) is 4.90 Å². The van der Waals surface area contributed by atoms with E-state index in [0.717, 1.165) is 27.3 Å². The van der Waals surface area contributed by atoms with Crippen molar-refractivity contribution in [2.75, 3.05) is 30.8 Å². The minimum absolute atomic E-state index is 0.142. The van der Waals surface area contributed by atoms with E-state index in [2.05, 4.69) is 5.32 Å². The van der Waals surface area contributed by atoms with Gasteiger partial charge in [0.05, 0.1) is 19.1 Å². The van der Waals surface area contributed by atoms with Crippen molar-refractivity contribution in [2.45, 2.75) is 47.2 Å². The van der Waals surface area contributed by atoms with Gasteiger partial charge in [0.2, 0.25) is 21.8 Å². The summed E-state index contributed by atoms with van der Waals surface area (Å²) in [6, 6.07) is 11.6. The summed E-state index contributed by atoms with van der Waals surface area (Å²) in [5, 5.41) is 2.87. The Hall–Kier alpha value is -3.07. The van der Waals surface area contributed by atoms with Crippen LogP contribution in [0.15, 0.2) is 42.5 Å². The number of ether oxygens (including phenoxy) is 1. The summed E-state index contributed by atoms with van der Waals surface area (Å²) in [7, 11) is -2.19. The highest BCUT2D eigenvalue weighted by Crippen LogP contribution is 2.22. The van der Waals surface area contributed by atoms with Crippen LogP contribution in [-0.4, -0.2) is 57.6 Å². The molecule has 0 aliphatic heterocycles. The van der Waals surface area contributed by atoms with Gasteiger partial charge < -0.3 is 15.0 Å². The van der Waals surface area contributed by atoms with Gasteiger partial charge in [0.15, 0.2) is 0 Å². The molecule has 35 heavy (non-hydrogen) atoms.